The van der Waals surface area contributed by atoms with Crippen LogP contribution in [0.2, 0.25) is 0 Å². The summed E-state index contributed by atoms with van der Waals surface area (Å²) in [6.07, 6.45) is 5.90. The maximum Gasteiger partial charge on any atom is 0.150 e. The van der Waals surface area contributed by atoms with Crippen LogP contribution in [0.1, 0.15) is 19.3 Å². The smallest absolute Gasteiger partial charge is 0.150 e. The number of rotatable bonds is 3. The van der Waals surface area contributed by atoms with Crippen molar-refractivity contribution >= 4 is 5.69 Å². The average molecular weight is 276 g/mol. The SMILES string of the molecule is Fc1cc(NC2CCCOCC2)ccc1-n1cncn1. The largest absolute Gasteiger partial charge is 0.382 e. The third kappa shape index (κ3) is 2.96. The molecule has 2 aromatic rings. The molecule has 0 amide bonds. The predicted octanol–water partition coefficient (Wildman–Crippen LogP) is 2.39. The van der Waals surface area contributed by atoms with E-state index in [1.807, 2.05) is 6.07 Å². The monoisotopic (exact) mass is 276 g/mol. The molecule has 1 aromatic heterocycles. The van der Waals surface area contributed by atoms with Gasteiger partial charge in [0.15, 0.2) is 5.82 Å². The van der Waals surface area contributed by atoms with Crippen molar-refractivity contribution in [2.75, 3.05) is 18.5 Å². The van der Waals surface area contributed by atoms with Crippen LogP contribution in [0.5, 0.6) is 0 Å². The summed E-state index contributed by atoms with van der Waals surface area (Å²) in [5.41, 5.74) is 1.19. The van der Waals surface area contributed by atoms with Gasteiger partial charge in [-0.3, -0.25) is 0 Å². The Morgan fingerprint density at radius 1 is 1.30 bits per heavy atom. The second-order valence-electron chi connectivity index (χ2n) is 4.89. The van der Waals surface area contributed by atoms with E-state index in [2.05, 4.69) is 15.4 Å². The van der Waals surface area contributed by atoms with Gasteiger partial charge in [-0.1, -0.05) is 0 Å². The number of aromatic nitrogens is 3. The first kappa shape index (κ1) is 13.1. The minimum absolute atomic E-state index is 0.314. The first-order chi connectivity index (χ1) is 9.83. The van der Waals surface area contributed by atoms with Gasteiger partial charge in [0.1, 0.15) is 18.3 Å². The highest BCUT2D eigenvalue weighted by atomic mass is 19.1. The molecule has 2 heterocycles. The number of hydrogen-bond acceptors (Lipinski definition) is 4. The lowest BCUT2D eigenvalue weighted by atomic mass is 10.1. The molecule has 1 atom stereocenters. The molecule has 0 bridgehead atoms. The minimum Gasteiger partial charge on any atom is -0.382 e. The van der Waals surface area contributed by atoms with Crippen molar-refractivity contribution in [1.29, 1.82) is 0 Å². The van der Waals surface area contributed by atoms with Crippen molar-refractivity contribution in [1.82, 2.24) is 14.8 Å². The second-order valence-corrected chi connectivity index (χ2v) is 4.89. The van der Waals surface area contributed by atoms with Crippen molar-refractivity contribution in [3.05, 3.63) is 36.7 Å². The van der Waals surface area contributed by atoms with Gasteiger partial charge >= 0.3 is 0 Å². The molecule has 1 aliphatic heterocycles. The molecule has 0 radical (unpaired) electrons. The zero-order chi connectivity index (χ0) is 13.8. The number of hydrogen-bond donors (Lipinski definition) is 1. The van der Waals surface area contributed by atoms with E-state index in [-0.39, 0.29) is 5.82 Å². The van der Waals surface area contributed by atoms with Gasteiger partial charge in [0.2, 0.25) is 0 Å². The molecule has 1 aromatic carbocycles. The van der Waals surface area contributed by atoms with Gasteiger partial charge in [0.25, 0.3) is 0 Å². The Morgan fingerprint density at radius 3 is 3.05 bits per heavy atom. The third-order valence-electron chi connectivity index (χ3n) is 3.44. The van der Waals surface area contributed by atoms with Crippen LogP contribution in [0, 0.1) is 5.82 Å². The van der Waals surface area contributed by atoms with Crippen molar-refractivity contribution in [2.45, 2.75) is 25.3 Å². The Labute approximate surface area is 116 Å². The third-order valence-corrected chi connectivity index (χ3v) is 3.44. The fourth-order valence-corrected chi connectivity index (χ4v) is 2.40. The molecule has 1 aliphatic rings. The summed E-state index contributed by atoms with van der Waals surface area (Å²) in [4.78, 5) is 3.82. The summed E-state index contributed by atoms with van der Waals surface area (Å²) >= 11 is 0. The molecular formula is C14H17FN4O. The molecular weight excluding hydrogens is 259 g/mol. The van der Waals surface area contributed by atoms with Crippen molar-refractivity contribution in [3.8, 4) is 5.69 Å². The number of halogens is 1. The second kappa shape index (κ2) is 6.00. The predicted molar refractivity (Wildman–Crippen MR) is 73.4 cm³/mol. The number of nitrogens with one attached hydrogen (secondary N) is 1. The normalized spacial score (nSPS) is 19.6. The molecule has 0 saturated carbocycles. The Morgan fingerprint density at radius 2 is 2.25 bits per heavy atom. The molecule has 1 unspecified atom stereocenters. The van der Waals surface area contributed by atoms with E-state index in [0.717, 1.165) is 38.2 Å². The molecule has 6 heteroatoms. The zero-order valence-electron chi connectivity index (χ0n) is 11.1. The molecule has 1 fully saturated rings. The number of ether oxygens (including phenoxy) is 1. The van der Waals surface area contributed by atoms with Crippen LogP contribution >= 0.6 is 0 Å². The summed E-state index contributed by atoms with van der Waals surface area (Å²) in [5, 5.41) is 7.30. The van der Waals surface area contributed by atoms with Gasteiger partial charge < -0.3 is 10.1 Å². The molecule has 1 N–H and O–H groups in total. The molecule has 106 valence electrons. The first-order valence-electron chi connectivity index (χ1n) is 6.82. The van der Waals surface area contributed by atoms with E-state index in [4.69, 9.17) is 4.74 Å². The van der Waals surface area contributed by atoms with Gasteiger partial charge in [-0.15, -0.1) is 0 Å². The topological polar surface area (TPSA) is 52.0 Å². The fourth-order valence-electron chi connectivity index (χ4n) is 2.40. The van der Waals surface area contributed by atoms with E-state index in [9.17, 15) is 4.39 Å². The fraction of sp³-hybridized carbons (Fsp3) is 0.429. The molecule has 1 saturated heterocycles. The summed E-state index contributed by atoms with van der Waals surface area (Å²) in [6.45, 7) is 1.58. The number of nitrogens with zero attached hydrogens (tertiary/aromatic N) is 3. The van der Waals surface area contributed by atoms with Crippen molar-refractivity contribution in [2.24, 2.45) is 0 Å². The van der Waals surface area contributed by atoms with Gasteiger partial charge in [-0.2, -0.15) is 5.10 Å². The molecule has 0 spiro atoms. The first-order valence-corrected chi connectivity index (χ1v) is 6.82. The highest BCUT2D eigenvalue weighted by Gasteiger charge is 2.13. The molecule has 5 nitrogen and oxygen atoms in total. The van der Waals surface area contributed by atoms with E-state index in [1.165, 1.54) is 23.4 Å². The van der Waals surface area contributed by atoms with E-state index < -0.39 is 0 Å². The Kier molecular flexibility index (Phi) is 3.92. The standard InChI is InChI=1S/C14H17FN4O/c15-13-8-12(18-11-2-1-6-20-7-5-11)3-4-14(13)19-10-16-9-17-19/h3-4,8-11,18H,1-2,5-7H2. The van der Waals surface area contributed by atoms with Crippen molar-refractivity contribution < 1.29 is 9.13 Å². The number of benzene rings is 1. The van der Waals surface area contributed by atoms with Crippen LogP contribution < -0.4 is 5.32 Å². The van der Waals surface area contributed by atoms with Crippen LogP contribution in [-0.4, -0.2) is 34.0 Å². The van der Waals surface area contributed by atoms with E-state index in [1.54, 1.807) is 6.07 Å². The highest BCUT2D eigenvalue weighted by molar-refractivity contribution is 5.50. The Balaban J connectivity index is 1.73. The lowest BCUT2D eigenvalue weighted by Gasteiger charge is -2.17. The summed E-state index contributed by atoms with van der Waals surface area (Å²) in [5.74, 6) is -0.314. The summed E-state index contributed by atoms with van der Waals surface area (Å²) in [6, 6.07) is 5.42. The van der Waals surface area contributed by atoms with Crippen LogP contribution in [-0.2, 0) is 4.74 Å². The number of anilines is 1. The van der Waals surface area contributed by atoms with E-state index >= 15 is 0 Å². The van der Waals surface area contributed by atoms with Gasteiger partial charge in [0.05, 0.1) is 0 Å². The molecule has 20 heavy (non-hydrogen) atoms. The van der Waals surface area contributed by atoms with Crippen molar-refractivity contribution in [3.63, 3.8) is 0 Å². The molecule has 3 rings (SSSR count). The van der Waals surface area contributed by atoms with E-state index in [0.29, 0.717) is 11.7 Å². The maximum atomic E-state index is 14.1. The molecule has 0 aliphatic carbocycles. The minimum atomic E-state index is -0.314. The summed E-state index contributed by atoms with van der Waals surface area (Å²) < 4.78 is 20.9. The Hall–Kier alpha value is -1.95. The average Bonchev–Trinajstić information content (AvgIpc) is 2.85. The van der Waals surface area contributed by atoms with Gasteiger partial charge in [0, 0.05) is 24.9 Å². The zero-order valence-corrected chi connectivity index (χ0v) is 11.1. The van der Waals surface area contributed by atoms with Crippen LogP contribution in [0.4, 0.5) is 10.1 Å². The van der Waals surface area contributed by atoms with Gasteiger partial charge in [-0.25, -0.2) is 14.1 Å². The van der Waals surface area contributed by atoms with Crippen LogP contribution in [0.25, 0.3) is 5.69 Å². The van der Waals surface area contributed by atoms with Crippen LogP contribution in [0.3, 0.4) is 0 Å². The quantitative estimate of drug-likeness (QED) is 0.935. The highest BCUT2D eigenvalue weighted by Crippen LogP contribution is 2.20. The van der Waals surface area contributed by atoms with Crippen LogP contribution in [0.15, 0.2) is 30.9 Å². The lowest BCUT2D eigenvalue weighted by molar-refractivity contribution is 0.144. The maximum absolute atomic E-state index is 14.1. The lowest BCUT2D eigenvalue weighted by Crippen LogP contribution is -2.19. The summed E-state index contributed by atoms with van der Waals surface area (Å²) in [7, 11) is 0. The van der Waals surface area contributed by atoms with Gasteiger partial charge in [-0.05, 0) is 37.5 Å². The Bertz CT molecular complexity index is 550.